The van der Waals surface area contributed by atoms with Gasteiger partial charge in [0.15, 0.2) is 11.6 Å². The van der Waals surface area contributed by atoms with Gasteiger partial charge in [-0.15, -0.1) is 0 Å². The van der Waals surface area contributed by atoms with E-state index in [1.807, 2.05) is 13.8 Å². The summed E-state index contributed by atoms with van der Waals surface area (Å²) in [5, 5.41) is 3.49. The Morgan fingerprint density at radius 1 is 0.857 bits per heavy atom. The zero-order valence-corrected chi connectivity index (χ0v) is 20.5. The van der Waals surface area contributed by atoms with Gasteiger partial charge >= 0.3 is 6.18 Å². The molecule has 12 heteroatoms. The molecule has 0 saturated carbocycles. The van der Waals surface area contributed by atoms with Crippen LogP contribution in [0.5, 0.6) is 0 Å². The van der Waals surface area contributed by atoms with Crippen molar-refractivity contribution in [1.29, 1.82) is 0 Å². The molecule has 0 aliphatic rings. The highest BCUT2D eigenvalue weighted by molar-refractivity contribution is 7.92. The first kappa shape index (κ1) is 25.0. The van der Waals surface area contributed by atoms with Gasteiger partial charge in [-0.05, 0) is 67.4 Å². The predicted octanol–water partition coefficient (Wildman–Crippen LogP) is 7.12. The summed E-state index contributed by atoms with van der Waals surface area (Å²) in [6.07, 6.45) is -4.88. The third-order valence-corrected chi connectivity index (χ3v) is 7.12. The van der Waals surface area contributed by atoms with E-state index < -0.39 is 26.7 Å². The molecule has 0 unspecified atom stereocenters. The fraction of sp³-hybridized carbons (Fsp3) is 0.130. The fourth-order valence-electron chi connectivity index (χ4n) is 3.31. The Hall–Kier alpha value is -3.08. The highest BCUT2D eigenvalue weighted by Crippen LogP contribution is 2.36. The van der Waals surface area contributed by atoms with Gasteiger partial charge in [-0.25, -0.2) is 18.4 Å². The Kier molecular flexibility index (Phi) is 6.56. The molecule has 0 fully saturated rings. The van der Waals surface area contributed by atoms with Crippen LogP contribution < -0.4 is 10.0 Å². The molecule has 6 nitrogen and oxygen atoms in total. The SMILES string of the molecule is Cc1cc2nc(Nc3ccc(Cl)cc3Cl)c(NS(=O)(=O)c3ccccc3C(F)(F)F)nc2cc1C. The van der Waals surface area contributed by atoms with Crippen molar-refractivity contribution in [2.75, 3.05) is 10.0 Å². The Morgan fingerprint density at radius 3 is 2.06 bits per heavy atom. The van der Waals surface area contributed by atoms with Gasteiger partial charge in [0.1, 0.15) is 0 Å². The molecule has 1 aromatic heterocycles. The Bertz CT molecular complexity index is 1560. The van der Waals surface area contributed by atoms with E-state index in [-0.39, 0.29) is 16.7 Å². The quantitative estimate of drug-likeness (QED) is 0.281. The van der Waals surface area contributed by atoms with E-state index in [9.17, 15) is 21.6 Å². The lowest BCUT2D eigenvalue weighted by Crippen LogP contribution is -2.20. The lowest BCUT2D eigenvalue weighted by atomic mass is 10.1. The van der Waals surface area contributed by atoms with Crippen molar-refractivity contribution in [2.45, 2.75) is 24.9 Å². The Balaban J connectivity index is 1.87. The number of rotatable bonds is 5. The predicted molar refractivity (Wildman–Crippen MR) is 131 cm³/mol. The van der Waals surface area contributed by atoms with Crippen molar-refractivity contribution >= 4 is 61.6 Å². The molecule has 35 heavy (non-hydrogen) atoms. The molecule has 2 N–H and O–H groups in total. The third kappa shape index (κ3) is 5.29. The number of nitrogens with one attached hydrogen (secondary N) is 2. The fourth-order valence-corrected chi connectivity index (χ4v) is 5.00. The largest absolute Gasteiger partial charge is 0.417 e. The van der Waals surface area contributed by atoms with Crippen LogP contribution in [0.25, 0.3) is 11.0 Å². The van der Waals surface area contributed by atoms with E-state index in [4.69, 9.17) is 23.2 Å². The zero-order valence-electron chi connectivity index (χ0n) is 18.2. The van der Waals surface area contributed by atoms with Crippen molar-refractivity contribution in [3.8, 4) is 0 Å². The van der Waals surface area contributed by atoms with Crippen LogP contribution in [-0.2, 0) is 16.2 Å². The summed E-state index contributed by atoms with van der Waals surface area (Å²) >= 11 is 12.2. The Labute approximate surface area is 209 Å². The van der Waals surface area contributed by atoms with Gasteiger partial charge < -0.3 is 5.32 Å². The minimum Gasteiger partial charge on any atom is -0.336 e. The van der Waals surface area contributed by atoms with E-state index in [1.165, 1.54) is 12.1 Å². The maximum Gasteiger partial charge on any atom is 0.417 e. The van der Waals surface area contributed by atoms with Crippen LogP contribution in [0.15, 0.2) is 59.5 Å². The summed E-state index contributed by atoms with van der Waals surface area (Å²) in [5.74, 6) is -0.359. The number of halogens is 5. The topological polar surface area (TPSA) is 84.0 Å². The number of hydrogen-bond donors (Lipinski definition) is 2. The van der Waals surface area contributed by atoms with Crippen molar-refractivity contribution in [3.05, 3.63) is 81.3 Å². The van der Waals surface area contributed by atoms with Crippen molar-refractivity contribution in [2.24, 2.45) is 0 Å². The first-order valence-electron chi connectivity index (χ1n) is 10.1. The summed E-state index contributed by atoms with van der Waals surface area (Å²) in [4.78, 5) is 7.89. The molecule has 0 amide bonds. The van der Waals surface area contributed by atoms with Gasteiger partial charge in [0.05, 0.1) is 32.2 Å². The second-order valence-corrected chi connectivity index (χ2v) is 10.2. The van der Waals surface area contributed by atoms with Crippen LogP contribution in [0.2, 0.25) is 10.0 Å². The molecule has 4 aromatic rings. The number of aromatic nitrogens is 2. The average molecular weight is 541 g/mol. The number of alkyl halides is 3. The minimum atomic E-state index is -4.88. The van der Waals surface area contributed by atoms with E-state index in [0.717, 1.165) is 23.3 Å². The van der Waals surface area contributed by atoms with Crippen molar-refractivity contribution < 1.29 is 21.6 Å². The van der Waals surface area contributed by atoms with Gasteiger partial charge in [0.25, 0.3) is 10.0 Å². The van der Waals surface area contributed by atoms with Crippen molar-refractivity contribution in [3.63, 3.8) is 0 Å². The van der Waals surface area contributed by atoms with E-state index in [0.29, 0.717) is 27.8 Å². The number of hydrogen-bond acceptors (Lipinski definition) is 5. The number of fused-ring (bicyclic) bond motifs is 1. The van der Waals surface area contributed by atoms with E-state index in [2.05, 4.69) is 20.0 Å². The molecule has 0 aliphatic carbocycles. The number of nitrogens with zero attached hydrogens (tertiary/aromatic N) is 2. The lowest BCUT2D eigenvalue weighted by molar-refractivity contribution is -0.139. The summed E-state index contributed by atoms with van der Waals surface area (Å²) < 4.78 is 68.8. The van der Waals surface area contributed by atoms with E-state index >= 15 is 0 Å². The van der Waals surface area contributed by atoms with E-state index in [1.54, 1.807) is 24.3 Å². The standard InChI is InChI=1S/C23H17Cl2F3N4O2S/c1-12-9-18-19(10-13(12)2)31-22(21(30-18)29-17-8-7-14(24)11-16(17)25)32-35(33,34)20-6-4-3-5-15(20)23(26,27)28/h3-11H,1-2H3,(H,29,30)(H,31,32). The monoisotopic (exact) mass is 540 g/mol. The lowest BCUT2D eigenvalue weighted by Gasteiger charge is -2.17. The maximum absolute atomic E-state index is 13.5. The summed E-state index contributed by atoms with van der Waals surface area (Å²) in [6.45, 7) is 3.73. The molecule has 0 radical (unpaired) electrons. The molecular weight excluding hydrogens is 524 g/mol. The molecule has 182 valence electrons. The molecule has 0 atom stereocenters. The van der Waals surface area contributed by atoms with Gasteiger partial charge in [-0.3, -0.25) is 4.72 Å². The molecule has 0 saturated heterocycles. The number of sulfonamides is 1. The first-order chi connectivity index (χ1) is 16.3. The molecule has 0 bridgehead atoms. The summed E-state index contributed by atoms with van der Waals surface area (Å²) in [5.41, 5.74) is 1.63. The molecular formula is C23H17Cl2F3N4O2S. The van der Waals surface area contributed by atoms with Crippen molar-refractivity contribution in [1.82, 2.24) is 9.97 Å². The molecule has 4 rings (SSSR count). The van der Waals surface area contributed by atoms with Gasteiger partial charge in [-0.2, -0.15) is 13.2 Å². The van der Waals surface area contributed by atoms with Gasteiger partial charge in [0.2, 0.25) is 0 Å². The smallest absolute Gasteiger partial charge is 0.336 e. The van der Waals surface area contributed by atoms with Crippen LogP contribution >= 0.6 is 23.2 Å². The second-order valence-electron chi connectivity index (χ2n) is 7.69. The zero-order chi connectivity index (χ0) is 25.5. The van der Waals surface area contributed by atoms with Gasteiger partial charge in [-0.1, -0.05) is 35.3 Å². The highest BCUT2D eigenvalue weighted by Gasteiger charge is 2.37. The summed E-state index contributed by atoms with van der Waals surface area (Å²) in [7, 11) is -4.71. The number of anilines is 3. The van der Waals surface area contributed by atoms with Gasteiger partial charge in [0, 0.05) is 5.02 Å². The molecule has 0 aliphatic heterocycles. The minimum absolute atomic E-state index is 0.0574. The van der Waals surface area contributed by atoms with Crippen LogP contribution in [0, 0.1) is 13.8 Å². The molecule has 1 heterocycles. The maximum atomic E-state index is 13.5. The second kappa shape index (κ2) is 9.18. The van der Waals surface area contributed by atoms with Crippen LogP contribution in [0.1, 0.15) is 16.7 Å². The average Bonchev–Trinajstić information content (AvgIpc) is 2.76. The molecule has 0 spiro atoms. The Morgan fingerprint density at radius 2 is 1.46 bits per heavy atom. The molecule has 3 aromatic carbocycles. The normalized spacial score (nSPS) is 12.1. The first-order valence-corrected chi connectivity index (χ1v) is 12.3. The van der Waals surface area contributed by atoms with Crippen LogP contribution in [-0.4, -0.2) is 18.4 Å². The van der Waals surface area contributed by atoms with Crippen LogP contribution in [0.3, 0.4) is 0 Å². The van der Waals surface area contributed by atoms with Crippen LogP contribution in [0.4, 0.5) is 30.5 Å². The number of benzene rings is 3. The third-order valence-electron chi connectivity index (χ3n) is 5.18. The highest BCUT2D eigenvalue weighted by atomic mass is 35.5. The number of aryl methyl sites for hydroxylation is 2. The summed E-state index contributed by atoms with van der Waals surface area (Å²) in [6, 6.07) is 11.9.